The van der Waals surface area contributed by atoms with Crippen molar-refractivity contribution in [2.75, 3.05) is 0 Å². The first-order valence-corrected chi connectivity index (χ1v) is 8.63. The molecular weight excluding hydrogens is 368 g/mol. The molecule has 2 unspecified atom stereocenters. The summed E-state index contributed by atoms with van der Waals surface area (Å²) in [7, 11) is 1.44. The molecule has 0 N–H and O–H groups in total. The van der Waals surface area contributed by atoms with Gasteiger partial charge in [0, 0.05) is 21.2 Å². The summed E-state index contributed by atoms with van der Waals surface area (Å²) < 4.78 is 40.0. The van der Waals surface area contributed by atoms with Gasteiger partial charge in [-0.05, 0) is 35.9 Å². The largest absolute Gasteiger partial charge is 0.607 e. The molecule has 0 aliphatic carbocycles. The predicted octanol–water partition coefficient (Wildman–Crippen LogP) is 5.61. The Hall–Kier alpha value is -0.640. The molecule has 1 nitrogen and oxygen atoms in total. The van der Waals surface area contributed by atoms with Gasteiger partial charge in [0.1, 0.15) is 5.41 Å². The average Bonchev–Trinajstić information content (AvgIpc) is 2.43. The van der Waals surface area contributed by atoms with E-state index in [1.807, 2.05) is 0 Å². The lowest BCUT2D eigenvalue weighted by Crippen LogP contribution is -2.11. The Kier molecular flexibility index (Phi) is 5.87. The van der Waals surface area contributed by atoms with Gasteiger partial charge in [0.25, 0.3) is 5.66 Å². The second kappa shape index (κ2) is 7.29. The van der Waals surface area contributed by atoms with Crippen molar-refractivity contribution < 1.29 is 13.3 Å². The molecule has 0 spiro atoms. The van der Waals surface area contributed by atoms with Crippen LogP contribution in [0.4, 0.5) is 8.78 Å². The Morgan fingerprint density at radius 3 is 2.14 bits per heavy atom. The molecule has 0 fully saturated rings. The van der Waals surface area contributed by atoms with Gasteiger partial charge in [0.2, 0.25) is 0 Å². The van der Waals surface area contributed by atoms with E-state index in [1.54, 1.807) is 30.3 Å². The molecule has 7 heteroatoms. The molecule has 2 aromatic carbocycles. The van der Waals surface area contributed by atoms with E-state index in [4.69, 9.17) is 23.2 Å². The molecule has 2 aromatic rings. The molecular formula is C15H11Cl2F2OPS. The highest BCUT2D eigenvalue weighted by molar-refractivity contribution is 7.94. The Labute approximate surface area is 142 Å². The number of allylic oxidation sites excluding steroid dienone is 1. The summed E-state index contributed by atoms with van der Waals surface area (Å²) in [6, 6.07) is 12.5. The number of hydrogen-bond acceptors (Lipinski definition) is 1. The van der Waals surface area contributed by atoms with Crippen LogP contribution in [0.5, 0.6) is 0 Å². The van der Waals surface area contributed by atoms with Crippen molar-refractivity contribution in [1.82, 2.24) is 0 Å². The highest BCUT2D eigenvalue weighted by atomic mass is 35.5. The number of hydrogen-bond donors (Lipinski definition) is 0. The van der Waals surface area contributed by atoms with Crippen molar-refractivity contribution in [3.63, 3.8) is 0 Å². The van der Waals surface area contributed by atoms with Crippen LogP contribution in [0.15, 0.2) is 58.8 Å². The summed E-state index contributed by atoms with van der Waals surface area (Å²) in [6.07, 6.45) is 0. The standard InChI is InChI=1S/C15H11Cl2F2OPS/c16-11-6-10(7-12(17)8-11)14(15(18,19)21)9-22(20)13-4-2-1-3-5-13/h1-9H,21H2/b14-9-. The van der Waals surface area contributed by atoms with Crippen LogP contribution in [-0.2, 0) is 11.2 Å². The molecule has 0 heterocycles. The topological polar surface area (TPSA) is 23.1 Å². The molecule has 2 atom stereocenters. The fourth-order valence-corrected chi connectivity index (χ4v) is 3.74. The van der Waals surface area contributed by atoms with Crippen molar-refractivity contribution in [3.05, 3.63) is 69.5 Å². The van der Waals surface area contributed by atoms with E-state index in [2.05, 4.69) is 0 Å². The second-order valence-electron chi connectivity index (χ2n) is 4.42. The third-order valence-corrected chi connectivity index (χ3v) is 4.67. The van der Waals surface area contributed by atoms with Crippen LogP contribution in [0.1, 0.15) is 5.56 Å². The van der Waals surface area contributed by atoms with Crippen LogP contribution < -0.4 is 0 Å². The first kappa shape index (κ1) is 17.7. The maximum absolute atomic E-state index is 13.9. The lowest BCUT2D eigenvalue weighted by Gasteiger charge is -2.16. The Bertz CT molecular complexity index is 669. The molecule has 116 valence electrons. The summed E-state index contributed by atoms with van der Waals surface area (Å²) in [6.45, 7) is 0. The Morgan fingerprint density at radius 1 is 1.09 bits per heavy atom. The van der Waals surface area contributed by atoms with Gasteiger partial charge in [-0.3, -0.25) is 0 Å². The van der Waals surface area contributed by atoms with Crippen molar-refractivity contribution in [2.24, 2.45) is 0 Å². The van der Waals surface area contributed by atoms with Gasteiger partial charge in [-0.2, -0.15) is 8.78 Å². The van der Waals surface area contributed by atoms with Gasteiger partial charge in [-0.15, -0.1) is 0 Å². The van der Waals surface area contributed by atoms with E-state index in [1.165, 1.54) is 27.4 Å². The molecule has 0 aromatic heterocycles. The van der Waals surface area contributed by atoms with Crippen LogP contribution >= 0.6 is 32.4 Å². The summed E-state index contributed by atoms with van der Waals surface area (Å²) >= 11 is 10.0. The van der Waals surface area contributed by atoms with Gasteiger partial charge in [0.15, 0.2) is 4.90 Å². The highest BCUT2D eigenvalue weighted by Gasteiger charge is 2.32. The third-order valence-electron chi connectivity index (χ3n) is 2.73. The monoisotopic (exact) mass is 378 g/mol. The number of benzene rings is 2. The third kappa shape index (κ3) is 4.68. The van der Waals surface area contributed by atoms with E-state index >= 15 is 0 Å². The van der Waals surface area contributed by atoms with Gasteiger partial charge in [-0.25, -0.2) is 0 Å². The van der Waals surface area contributed by atoms with Crippen LogP contribution in [0.2, 0.25) is 10.0 Å². The quantitative estimate of drug-likeness (QED) is 0.500. The first-order chi connectivity index (χ1) is 10.3. The van der Waals surface area contributed by atoms with E-state index in [9.17, 15) is 13.3 Å². The molecule has 0 aliphatic heterocycles. The average molecular weight is 379 g/mol. The van der Waals surface area contributed by atoms with Gasteiger partial charge < -0.3 is 4.55 Å². The van der Waals surface area contributed by atoms with Crippen LogP contribution in [0.25, 0.3) is 5.57 Å². The zero-order chi connectivity index (χ0) is 16.3. The summed E-state index contributed by atoms with van der Waals surface area (Å²) in [5, 5.41) is 1.48. The smallest absolute Gasteiger partial charge is 0.288 e. The second-order valence-corrected chi connectivity index (χ2v) is 7.32. The normalized spacial score (nSPS) is 14.0. The van der Waals surface area contributed by atoms with E-state index in [-0.39, 0.29) is 15.6 Å². The maximum atomic E-state index is 13.9. The van der Waals surface area contributed by atoms with Gasteiger partial charge >= 0.3 is 0 Å². The molecule has 0 saturated carbocycles. The van der Waals surface area contributed by atoms with E-state index in [0.717, 1.165) is 5.41 Å². The first-order valence-electron chi connectivity index (χ1n) is 6.08. The molecule has 0 saturated heterocycles. The van der Waals surface area contributed by atoms with Crippen molar-refractivity contribution in [3.8, 4) is 0 Å². The molecule has 0 aliphatic rings. The zero-order valence-corrected chi connectivity index (χ0v) is 14.6. The highest BCUT2D eigenvalue weighted by Crippen LogP contribution is 2.40. The fourth-order valence-electron chi connectivity index (χ4n) is 1.78. The van der Waals surface area contributed by atoms with Gasteiger partial charge in [0.05, 0.1) is 5.57 Å². The van der Waals surface area contributed by atoms with Crippen LogP contribution in [-0.4, -0.2) is 10.2 Å². The van der Waals surface area contributed by atoms with Crippen LogP contribution in [0, 0.1) is 0 Å². The molecule has 22 heavy (non-hydrogen) atoms. The van der Waals surface area contributed by atoms with Crippen molar-refractivity contribution in [2.45, 2.75) is 10.6 Å². The molecule has 2 rings (SSSR count). The Balaban J connectivity index is 2.49. The van der Waals surface area contributed by atoms with Crippen molar-refractivity contribution in [1.29, 1.82) is 0 Å². The minimum atomic E-state index is -3.27. The lowest BCUT2D eigenvalue weighted by molar-refractivity contribution is 0.173. The lowest BCUT2D eigenvalue weighted by atomic mass is 10.1. The molecule has 0 radical (unpaired) electrons. The fraction of sp³-hybridized carbons (Fsp3) is 0.0667. The maximum Gasteiger partial charge on any atom is 0.288 e. The minimum Gasteiger partial charge on any atom is -0.607 e. The number of alkyl halides is 2. The SMILES string of the molecule is [O-][S+](/C=C(/c1cc(Cl)cc(Cl)c1)C(F)(F)P)c1ccccc1. The zero-order valence-electron chi connectivity index (χ0n) is 11.1. The summed E-state index contributed by atoms with van der Waals surface area (Å²) in [5.41, 5.74) is -3.55. The predicted molar refractivity (Wildman–Crippen MR) is 91.9 cm³/mol. The number of halogens is 4. The Morgan fingerprint density at radius 2 is 1.64 bits per heavy atom. The molecule has 0 amide bonds. The number of rotatable bonds is 4. The minimum absolute atomic E-state index is 0.127. The van der Waals surface area contributed by atoms with Crippen molar-refractivity contribution >= 4 is 49.2 Å². The van der Waals surface area contributed by atoms with E-state index in [0.29, 0.717) is 4.90 Å². The molecule has 0 bridgehead atoms. The van der Waals surface area contributed by atoms with E-state index < -0.39 is 22.4 Å². The summed E-state index contributed by atoms with van der Waals surface area (Å²) in [5.74, 6) is 0. The van der Waals surface area contributed by atoms with Crippen LogP contribution in [0.3, 0.4) is 0 Å². The summed E-state index contributed by atoms with van der Waals surface area (Å²) in [4.78, 5) is 0.433. The van der Waals surface area contributed by atoms with Gasteiger partial charge in [-0.1, -0.05) is 50.6 Å².